The van der Waals surface area contributed by atoms with E-state index in [4.69, 9.17) is 15.2 Å². The summed E-state index contributed by atoms with van der Waals surface area (Å²) in [4.78, 5) is 0. The highest BCUT2D eigenvalue weighted by molar-refractivity contribution is 4.77. The molecule has 3 heteroatoms. The molecule has 0 amide bonds. The van der Waals surface area contributed by atoms with Gasteiger partial charge < -0.3 is 15.2 Å². The lowest BCUT2D eigenvalue weighted by molar-refractivity contribution is -0.0901. The molecule has 0 aromatic rings. The van der Waals surface area contributed by atoms with Gasteiger partial charge in [-0.3, -0.25) is 0 Å². The minimum atomic E-state index is -0.107. The van der Waals surface area contributed by atoms with Crippen molar-refractivity contribution in [2.75, 3.05) is 13.2 Å². The highest BCUT2D eigenvalue weighted by Crippen LogP contribution is 2.29. The monoisotopic (exact) mass is 245 g/mol. The molecule has 0 saturated heterocycles. The van der Waals surface area contributed by atoms with Crippen molar-refractivity contribution in [1.29, 1.82) is 0 Å². The van der Waals surface area contributed by atoms with E-state index in [1.54, 1.807) is 0 Å². The molecule has 0 radical (unpaired) electrons. The number of hydrogen-bond donors (Lipinski definition) is 1. The van der Waals surface area contributed by atoms with E-state index in [9.17, 15) is 0 Å². The molecule has 0 bridgehead atoms. The molecule has 0 aromatic heterocycles. The lowest BCUT2D eigenvalue weighted by Gasteiger charge is -2.33. The van der Waals surface area contributed by atoms with Gasteiger partial charge in [0.25, 0.3) is 0 Å². The summed E-state index contributed by atoms with van der Waals surface area (Å²) >= 11 is 0. The molecule has 0 heterocycles. The van der Waals surface area contributed by atoms with E-state index in [1.807, 2.05) is 13.8 Å². The Morgan fingerprint density at radius 1 is 1.00 bits per heavy atom. The third-order valence-electron chi connectivity index (χ3n) is 2.31. The third-order valence-corrected chi connectivity index (χ3v) is 2.31. The van der Waals surface area contributed by atoms with Gasteiger partial charge in [-0.15, -0.1) is 0 Å². The van der Waals surface area contributed by atoms with Crippen molar-refractivity contribution in [1.82, 2.24) is 0 Å². The second-order valence-corrected chi connectivity index (χ2v) is 6.93. The van der Waals surface area contributed by atoms with Gasteiger partial charge in [-0.2, -0.15) is 0 Å². The summed E-state index contributed by atoms with van der Waals surface area (Å²) in [6.45, 7) is 16.1. The van der Waals surface area contributed by atoms with Crippen molar-refractivity contribution < 1.29 is 9.47 Å². The van der Waals surface area contributed by atoms with Crippen LogP contribution < -0.4 is 5.73 Å². The number of hydrogen-bond acceptors (Lipinski definition) is 3. The van der Waals surface area contributed by atoms with Gasteiger partial charge in [0, 0.05) is 6.04 Å². The van der Waals surface area contributed by atoms with Crippen molar-refractivity contribution >= 4 is 0 Å². The van der Waals surface area contributed by atoms with Gasteiger partial charge in [-0.25, -0.2) is 0 Å². The van der Waals surface area contributed by atoms with Crippen LogP contribution in [0.4, 0.5) is 0 Å². The Bertz CT molecular complexity index is 207. The van der Waals surface area contributed by atoms with Gasteiger partial charge in [0.2, 0.25) is 0 Å². The molecule has 17 heavy (non-hydrogen) atoms. The molecule has 2 N–H and O–H groups in total. The largest absolute Gasteiger partial charge is 0.375 e. The number of ether oxygens (including phenoxy) is 2. The van der Waals surface area contributed by atoms with Crippen LogP contribution in [0.15, 0.2) is 0 Å². The van der Waals surface area contributed by atoms with E-state index in [-0.39, 0.29) is 23.2 Å². The molecule has 0 aliphatic heterocycles. The maximum Gasteiger partial charge on any atom is 0.0781 e. The van der Waals surface area contributed by atoms with E-state index in [0.717, 1.165) is 6.42 Å². The summed E-state index contributed by atoms with van der Waals surface area (Å²) < 4.78 is 11.5. The molecule has 0 aromatic carbocycles. The maximum absolute atomic E-state index is 5.93. The second kappa shape index (κ2) is 6.72. The fraction of sp³-hybridized carbons (Fsp3) is 1.00. The minimum absolute atomic E-state index is 0.0834. The van der Waals surface area contributed by atoms with E-state index in [1.165, 1.54) is 0 Å². The van der Waals surface area contributed by atoms with Crippen LogP contribution in [0.25, 0.3) is 0 Å². The van der Waals surface area contributed by atoms with Gasteiger partial charge in [0.15, 0.2) is 0 Å². The lowest BCUT2D eigenvalue weighted by Crippen LogP contribution is -2.34. The van der Waals surface area contributed by atoms with Crippen molar-refractivity contribution in [3.8, 4) is 0 Å². The van der Waals surface area contributed by atoms with Crippen molar-refractivity contribution in [3.63, 3.8) is 0 Å². The molecule has 2 atom stereocenters. The van der Waals surface area contributed by atoms with Crippen LogP contribution in [0, 0.1) is 5.41 Å². The molecule has 0 saturated carbocycles. The van der Waals surface area contributed by atoms with Crippen LogP contribution in [0.1, 0.15) is 54.9 Å². The molecule has 0 spiro atoms. The van der Waals surface area contributed by atoms with E-state index >= 15 is 0 Å². The Labute approximate surface area is 107 Å². The van der Waals surface area contributed by atoms with E-state index in [0.29, 0.717) is 13.2 Å². The smallest absolute Gasteiger partial charge is 0.0781 e. The molecular weight excluding hydrogens is 214 g/mol. The summed E-state index contributed by atoms with van der Waals surface area (Å²) in [7, 11) is 0. The predicted octanol–water partition coefficient (Wildman–Crippen LogP) is 2.97. The average Bonchev–Trinajstić information content (AvgIpc) is 2.07. The second-order valence-electron chi connectivity index (χ2n) is 6.93. The lowest BCUT2D eigenvalue weighted by atomic mass is 9.83. The summed E-state index contributed by atoms with van der Waals surface area (Å²) in [6, 6.07) is 0.0834. The first kappa shape index (κ1) is 16.9. The summed E-state index contributed by atoms with van der Waals surface area (Å²) in [5.74, 6) is 0. The fourth-order valence-corrected chi connectivity index (χ4v) is 2.04. The topological polar surface area (TPSA) is 44.5 Å². The van der Waals surface area contributed by atoms with Gasteiger partial charge in [-0.05, 0) is 39.5 Å². The summed E-state index contributed by atoms with van der Waals surface area (Å²) in [6.07, 6.45) is 1.13. The molecule has 3 nitrogen and oxygen atoms in total. The van der Waals surface area contributed by atoms with Gasteiger partial charge in [0.1, 0.15) is 0 Å². The average molecular weight is 245 g/mol. The number of nitrogens with two attached hydrogens (primary N) is 1. The zero-order chi connectivity index (χ0) is 13.7. The Hall–Kier alpha value is -0.120. The Kier molecular flexibility index (Phi) is 6.67. The van der Waals surface area contributed by atoms with Gasteiger partial charge >= 0.3 is 0 Å². The van der Waals surface area contributed by atoms with Crippen LogP contribution in [-0.4, -0.2) is 31.0 Å². The highest BCUT2D eigenvalue weighted by atomic mass is 16.5. The van der Waals surface area contributed by atoms with Crippen LogP contribution in [-0.2, 0) is 9.47 Å². The summed E-state index contributed by atoms with van der Waals surface area (Å²) in [5, 5.41) is 0. The Morgan fingerprint density at radius 2 is 1.53 bits per heavy atom. The third kappa shape index (κ3) is 10.7. The van der Waals surface area contributed by atoms with Crippen molar-refractivity contribution in [3.05, 3.63) is 0 Å². The molecule has 0 aliphatic carbocycles. The van der Waals surface area contributed by atoms with Crippen molar-refractivity contribution in [2.45, 2.75) is 72.6 Å². The predicted molar refractivity (Wildman–Crippen MR) is 73.2 cm³/mol. The van der Waals surface area contributed by atoms with Crippen LogP contribution >= 0.6 is 0 Å². The first-order valence-electron chi connectivity index (χ1n) is 6.53. The highest BCUT2D eigenvalue weighted by Gasteiger charge is 2.26. The SMILES string of the molecule is CC(N)COC(C)COC(C)(C)CC(C)(C)C. The molecule has 0 aliphatic rings. The molecule has 2 unspecified atom stereocenters. The quantitative estimate of drug-likeness (QED) is 0.750. The first-order chi connectivity index (χ1) is 7.52. The van der Waals surface area contributed by atoms with E-state index < -0.39 is 0 Å². The zero-order valence-electron chi connectivity index (χ0n) is 12.7. The molecule has 104 valence electrons. The fourth-order valence-electron chi connectivity index (χ4n) is 2.04. The van der Waals surface area contributed by atoms with E-state index in [2.05, 4.69) is 34.6 Å². The Morgan fingerprint density at radius 3 is 1.94 bits per heavy atom. The van der Waals surface area contributed by atoms with Crippen LogP contribution in [0.3, 0.4) is 0 Å². The number of rotatable bonds is 7. The van der Waals surface area contributed by atoms with Crippen molar-refractivity contribution in [2.24, 2.45) is 11.1 Å². The van der Waals surface area contributed by atoms with Crippen LogP contribution in [0.5, 0.6) is 0 Å². The Balaban J connectivity index is 3.92. The molecular formula is C14H31NO2. The maximum atomic E-state index is 5.93. The zero-order valence-corrected chi connectivity index (χ0v) is 12.7. The van der Waals surface area contributed by atoms with Crippen LogP contribution in [0.2, 0.25) is 0 Å². The first-order valence-corrected chi connectivity index (χ1v) is 6.53. The van der Waals surface area contributed by atoms with Gasteiger partial charge in [0.05, 0.1) is 24.9 Å². The minimum Gasteiger partial charge on any atom is -0.375 e. The molecule has 0 rings (SSSR count). The summed E-state index contributed by atoms with van der Waals surface area (Å²) in [5.41, 5.74) is 5.81. The normalized spacial score (nSPS) is 16.9. The van der Waals surface area contributed by atoms with Gasteiger partial charge in [-0.1, -0.05) is 20.8 Å². The molecule has 0 fully saturated rings. The standard InChI is InChI=1S/C14H31NO2/c1-11(15)8-16-12(2)9-17-14(6,7)10-13(3,4)5/h11-12H,8-10,15H2,1-7H3.